The molecule has 7 nitrogen and oxygen atoms in total. The van der Waals surface area contributed by atoms with Crippen molar-refractivity contribution in [1.29, 1.82) is 0 Å². The lowest BCUT2D eigenvalue weighted by molar-refractivity contribution is -0.122. The summed E-state index contributed by atoms with van der Waals surface area (Å²) in [5.74, 6) is -1.04. The van der Waals surface area contributed by atoms with E-state index in [1.165, 1.54) is 37.3 Å². The van der Waals surface area contributed by atoms with Crippen LogP contribution >= 0.6 is 23.8 Å². The Morgan fingerprint density at radius 1 is 1.14 bits per heavy atom. The zero-order chi connectivity index (χ0) is 20.4. The predicted octanol–water partition coefficient (Wildman–Crippen LogP) is 2.89. The van der Waals surface area contributed by atoms with Gasteiger partial charge in [-0.1, -0.05) is 11.6 Å². The number of anilines is 1. The Kier molecular flexibility index (Phi) is 5.53. The van der Waals surface area contributed by atoms with Gasteiger partial charge in [0, 0.05) is 5.02 Å². The summed E-state index contributed by atoms with van der Waals surface area (Å²) in [7, 11) is 2.80. The van der Waals surface area contributed by atoms with Gasteiger partial charge in [0.15, 0.2) is 16.6 Å². The highest BCUT2D eigenvalue weighted by molar-refractivity contribution is 7.80. The maximum absolute atomic E-state index is 13.0. The number of nitrogens with one attached hydrogen (secondary N) is 1. The average molecular weight is 419 g/mol. The molecule has 1 aliphatic rings. The SMILES string of the molecule is COc1cc(C=C2C(=O)NC(=S)N(c3ccc(Cl)cc3)C2=O)cc(O)c1OC. The fourth-order valence-electron chi connectivity index (χ4n) is 2.70. The average Bonchev–Trinajstić information content (AvgIpc) is 2.66. The molecule has 0 aliphatic carbocycles. The van der Waals surface area contributed by atoms with Crippen LogP contribution in [0, 0.1) is 0 Å². The van der Waals surface area contributed by atoms with Crippen LogP contribution in [0.3, 0.4) is 0 Å². The van der Waals surface area contributed by atoms with Gasteiger partial charge in [-0.2, -0.15) is 0 Å². The van der Waals surface area contributed by atoms with Gasteiger partial charge in [0.05, 0.1) is 19.9 Å². The first-order valence-corrected chi connectivity index (χ1v) is 8.76. The van der Waals surface area contributed by atoms with Crippen molar-refractivity contribution < 1.29 is 24.2 Å². The number of thiocarbonyl (C=S) groups is 1. The molecule has 2 aromatic rings. The molecule has 0 unspecified atom stereocenters. The quantitative estimate of drug-likeness (QED) is 0.451. The Labute approximate surface area is 171 Å². The molecule has 0 atom stereocenters. The maximum Gasteiger partial charge on any atom is 0.270 e. The topological polar surface area (TPSA) is 88.1 Å². The summed E-state index contributed by atoms with van der Waals surface area (Å²) in [5.41, 5.74) is 0.674. The molecule has 0 radical (unpaired) electrons. The number of methoxy groups -OCH3 is 2. The van der Waals surface area contributed by atoms with Crippen molar-refractivity contribution in [3.63, 3.8) is 0 Å². The van der Waals surface area contributed by atoms with E-state index >= 15 is 0 Å². The zero-order valence-corrected chi connectivity index (χ0v) is 16.4. The Hall–Kier alpha value is -3.10. The van der Waals surface area contributed by atoms with Crippen LogP contribution in [0.2, 0.25) is 5.02 Å². The number of carbonyl (C=O) groups is 2. The van der Waals surface area contributed by atoms with Crippen molar-refractivity contribution in [2.45, 2.75) is 0 Å². The van der Waals surface area contributed by atoms with Gasteiger partial charge in [-0.05, 0) is 60.3 Å². The molecule has 2 N–H and O–H groups in total. The minimum atomic E-state index is -0.644. The Morgan fingerprint density at radius 3 is 2.43 bits per heavy atom. The van der Waals surface area contributed by atoms with Crippen LogP contribution in [-0.4, -0.2) is 36.3 Å². The van der Waals surface area contributed by atoms with E-state index in [2.05, 4.69) is 5.32 Å². The van der Waals surface area contributed by atoms with Crippen molar-refractivity contribution >= 4 is 52.5 Å². The summed E-state index contributed by atoms with van der Waals surface area (Å²) in [4.78, 5) is 26.5. The van der Waals surface area contributed by atoms with Crippen LogP contribution < -0.4 is 19.7 Å². The molecule has 1 fully saturated rings. The van der Waals surface area contributed by atoms with E-state index in [1.54, 1.807) is 24.3 Å². The number of benzene rings is 2. The number of halogens is 1. The monoisotopic (exact) mass is 418 g/mol. The summed E-state index contributed by atoms with van der Waals surface area (Å²) >= 11 is 11.0. The van der Waals surface area contributed by atoms with Crippen molar-refractivity contribution in [1.82, 2.24) is 5.32 Å². The van der Waals surface area contributed by atoms with Gasteiger partial charge in [0.25, 0.3) is 11.8 Å². The van der Waals surface area contributed by atoms with Gasteiger partial charge in [0.2, 0.25) is 5.75 Å². The van der Waals surface area contributed by atoms with Crippen LogP contribution in [0.15, 0.2) is 42.0 Å². The van der Waals surface area contributed by atoms with Crippen molar-refractivity contribution in [2.75, 3.05) is 19.1 Å². The largest absolute Gasteiger partial charge is 0.504 e. The summed E-state index contributed by atoms with van der Waals surface area (Å²) in [6, 6.07) is 9.34. The highest BCUT2D eigenvalue weighted by Crippen LogP contribution is 2.38. The molecule has 0 aromatic heterocycles. The van der Waals surface area contributed by atoms with E-state index < -0.39 is 11.8 Å². The van der Waals surface area contributed by atoms with Gasteiger partial charge in [-0.15, -0.1) is 0 Å². The third kappa shape index (κ3) is 3.64. The van der Waals surface area contributed by atoms with E-state index in [0.29, 0.717) is 16.3 Å². The number of carbonyl (C=O) groups excluding carboxylic acids is 2. The lowest BCUT2D eigenvalue weighted by atomic mass is 10.1. The third-order valence-corrected chi connectivity index (χ3v) is 4.52. The van der Waals surface area contributed by atoms with Crippen molar-refractivity contribution in [2.24, 2.45) is 0 Å². The van der Waals surface area contributed by atoms with Gasteiger partial charge in [-0.25, -0.2) is 0 Å². The van der Waals surface area contributed by atoms with E-state index in [-0.39, 0.29) is 27.9 Å². The molecule has 0 bridgehead atoms. The van der Waals surface area contributed by atoms with E-state index in [9.17, 15) is 14.7 Å². The number of rotatable bonds is 4. The molecule has 1 aliphatic heterocycles. The van der Waals surface area contributed by atoms with Gasteiger partial charge >= 0.3 is 0 Å². The van der Waals surface area contributed by atoms with E-state index in [0.717, 1.165) is 0 Å². The second-order valence-electron chi connectivity index (χ2n) is 5.71. The first-order valence-electron chi connectivity index (χ1n) is 7.97. The van der Waals surface area contributed by atoms with Crippen molar-refractivity contribution in [3.8, 4) is 17.2 Å². The minimum Gasteiger partial charge on any atom is -0.504 e. The summed E-state index contributed by atoms with van der Waals surface area (Å²) in [6.45, 7) is 0. The van der Waals surface area contributed by atoms with Crippen LogP contribution in [0.4, 0.5) is 5.69 Å². The molecule has 3 rings (SSSR count). The lowest BCUT2D eigenvalue weighted by Crippen LogP contribution is -2.54. The highest BCUT2D eigenvalue weighted by atomic mass is 35.5. The van der Waals surface area contributed by atoms with Crippen LogP contribution in [0.5, 0.6) is 17.2 Å². The minimum absolute atomic E-state index is 0.0374. The molecule has 28 heavy (non-hydrogen) atoms. The molecule has 144 valence electrons. The standard InChI is InChI=1S/C19H15ClN2O5S/c1-26-15-9-10(8-14(23)16(15)27-2)7-13-17(24)21-19(28)22(18(13)25)12-5-3-11(20)4-6-12/h3-9,23H,1-2H3,(H,21,24,28). The number of hydrogen-bond acceptors (Lipinski definition) is 6. The maximum atomic E-state index is 13.0. The number of amides is 2. The summed E-state index contributed by atoms with van der Waals surface area (Å²) < 4.78 is 10.3. The lowest BCUT2D eigenvalue weighted by Gasteiger charge is -2.29. The first kappa shape index (κ1) is 19.7. The summed E-state index contributed by atoms with van der Waals surface area (Å²) in [5, 5.41) is 13.0. The van der Waals surface area contributed by atoms with Gasteiger partial charge < -0.3 is 14.6 Å². The van der Waals surface area contributed by atoms with Crippen LogP contribution in [-0.2, 0) is 9.59 Å². The second-order valence-corrected chi connectivity index (χ2v) is 6.53. The van der Waals surface area contributed by atoms with Crippen LogP contribution in [0.25, 0.3) is 6.08 Å². The van der Waals surface area contributed by atoms with Gasteiger partial charge in [-0.3, -0.25) is 19.8 Å². The first-order chi connectivity index (χ1) is 13.3. The second kappa shape index (κ2) is 7.87. The van der Waals surface area contributed by atoms with Gasteiger partial charge in [0.1, 0.15) is 5.57 Å². The molecule has 1 heterocycles. The highest BCUT2D eigenvalue weighted by Gasteiger charge is 2.34. The number of hydrogen-bond donors (Lipinski definition) is 2. The fourth-order valence-corrected chi connectivity index (χ4v) is 3.10. The molecular weight excluding hydrogens is 404 g/mol. The molecular formula is C19H15ClN2O5S. The predicted molar refractivity (Wildman–Crippen MR) is 109 cm³/mol. The van der Waals surface area contributed by atoms with E-state index in [4.69, 9.17) is 33.3 Å². The smallest absolute Gasteiger partial charge is 0.270 e. The summed E-state index contributed by atoms with van der Waals surface area (Å²) in [6.07, 6.45) is 1.34. The number of nitrogens with zero attached hydrogens (tertiary/aromatic N) is 1. The van der Waals surface area contributed by atoms with Crippen LogP contribution in [0.1, 0.15) is 5.56 Å². The number of aromatic hydroxyl groups is 1. The molecule has 0 spiro atoms. The number of phenols is 1. The third-order valence-electron chi connectivity index (χ3n) is 3.98. The number of phenolic OH excluding ortho intramolecular Hbond substituents is 1. The number of ether oxygens (including phenoxy) is 2. The Balaban J connectivity index is 2.04. The molecule has 1 saturated heterocycles. The Bertz CT molecular complexity index is 1000. The zero-order valence-electron chi connectivity index (χ0n) is 14.9. The molecule has 9 heteroatoms. The van der Waals surface area contributed by atoms with E-state index in [1.807, 2.05) is 0 Å². The Morgan fingerprint density at radius 2 is 1.82 bits per heavy atom. The normalized spacial score (nSPS) is 15.6. The molecule has 2 aromatic carbocycles. The van der Waals surface area contributed by atoms with Crippen molar-refractivity contribution in [3.05, 3.63) is 52.6 Å². The molecule has 0 saturated carbocycles. The fraction of sp³-hybridized carbons (Fsp3) is 0.105. The molecule has 2 amide bonds.